The van der Waals surface area contributed by atoms with E-state index in [-0.39, 0.29) is 10.8 Å². The third-order valence-corrected chi connectivity index (χ3v) is 5.87. The Morgan fingerprint density at radius 2 is 1.71 bits per heavy atom. The van der Waals surface area contributed by atoms with Gasteiger partial charge in [-0.15, -0.1) is 0 Å². The Morgan fingerprint density at radius 3 is 2.29 bits per heavy atom. The lowest BCUT2D eigenvalue weighted by molar-refractivity contribution is 0.0950. The number of carbonyl (C=O) groups is 1. The molecular weight excluding hydrogens is 326 g/mol. The van der Waals surface area contributed by atoms with Gasteiger partial charge in [0.05, 0.1) is 17.3 Å². The molecule has 128 valence electrons. The predicted octanol–water partition coefficient (Wildman–Crippen LogP) is 2.81. The maximum atomic E-state index is 12.2. The summed E-state index contributed by atoms with van der Waals surface area (Å²) in [6, 6.07) is 13.4. The van der Waals surface area contributed by atoms with E-state index in [1.807, 2.05) is 24.3 Å². The van der Waals surface area contributed by atoms with Crippen LogP contribution in [0.3, 0.4) is 0 Å². The van der Waals surface area contributed by atoms with Crippen molar-refractivity contribution < 1.29 is 17.9 Å². The lowest BCUT2D eigenvalue weighted by Crippen LogP contribution is -2.23. The molecule has 2 rings (SSSR count). The van der Waals surface area contributed by atoms with E-state index in [0.29, 0.717) is 17.9 Å². The van der Waals surface area contributed by atoms with Crippen molar-refractivity contribution in [2.75, 3.05) is 7.11 Å². The zero-order valence-electron chi connectivity index (χ0n) is 13.9. The Kier molecular flexibility index (Phi) is 5.62. The SMILES string of the molecule is COc1ccccc1CNC(=O)c1ccc(S(=O)(=O)C(C)C)cc1. The molecule has 2 aromatic rings. The Balaban J connectivity index is 2.08. The number of carbonyl (C=O) groups excluding carboxylic acids is 1. The fourth-order valence-electron chi connectivity index (χ4n) is 2.19. The highest BCUT2D eigenvalue weighted by Gasteiger charge is 2.19. The maximum absolute atomic E-state index is 12.2. The molecule has 0 aliphatic carbocycles. The number of benzene rings is 2. The van der Waals surface area contributed by atoms with Crippen LogP contribution in [0, 0.1) is 0 Å². The van der Waals surface area contributed by atoms with Gasteiger partial charge in [-0.2, -0.15) is 0 Å². The predicted molar refractivity (Wildman–Crippen MR) is 92.9 cm³/mol. The normalized spacial score (nSPS) is 11.3. The van der Waals surface area contributed by atoms with Gasteiger partial charge in [-0.05, 0) is 44.2 Å². The van der Waals surface area contributed by atoms with Crippen LogP contribution in [0.15, 0.2) is 53.4 Å². The maximum Gasteiger partial charge on any atom is 0.251 e. The van der Waals surface area contributed by atoms with Gasteiger partial charge < -0.3 is 10.1 Å². The summed E-state index contributed by atoms with van der Waals surface area (Å²) in [6.45, 7) is 3.58. The molecule has 0 radical (unpaired) electrons. The number of hydrogen-bond acceptors (Lipinski definition) is 4. The standard InChI is InChI=1S/C18H21NO4S/c1-13(2)24(21,22)16-10-8-14(9-11-16)18(20)19-12-15-6-4-5-7-17(15)23-3/h4-11,13H,12H2,1-3H3,(H,19,20). The fraction of sp³-hybridized carbons (Fsp3) is 0.278. The highest BCUT2D eigenvalue weighted by molar-refractivity contribution is 7.92. The highest BCUT2D eigenvalue weighted by atomic mass is 32.2. The van der Waals surface area contributed by atoms with Crippen molar-refractivity contribution in [1.82, 2.24) is 5.32 Å². The summed E-state index contributed by atoms with van der Waals surface area (Å²) in [5, 5.41) is 2.31. The molecule has 0 aliphatic rings. The summed E-state index contributed by atoms with van der Waals surface area (Å²) in [7, 11) is -1.75. The van der Waals surface area contributed by atoms with Crippen molar-refractivity contribution >= 4 is 15.7 Å². The Hall–Kier alpha value is -2.34. The molecule has 0 saturated heterocycles. The van der Waals surface area contributed by atoms with E-state index < -0.39 is 15.1 Å². The molecule has 2 aromatic carbocycles. The van der Waals surface area contributed by atoms with Gasteiger partial charge in [0.1, 0.15) is 5.75 Å². The second-order valence-corrected chi connectivity index (χ2v) is 8.12. The van der Waals surface area contributed by atoms with Crippen LogP contribution in [-0.2, 0) is 16.4 Å². The molecule has 0 unspecified atom stereocenters. The first-order valence-electron chi connectivity index (χ1n) is 7.60. The minimum absolute atomic E-state index is 0.221. The summed E-state index contributed by atoms with van der Waals surface area (Å²) >= 11 is 0. The quantitative estimate of drug-likeness (QED) is 0.872. The molecule has 0 atom stereocenters. The van der Waals surface area contributed by atoms with Gasteiger partial charge in [-0.3, -0.25) is 4.79 Å². The fourth-order valence-corrected chi connectivity index (χ4v) is 3.25. The van der Waals surface area contributed by atoms with Crippen LogP contribution in [0.2, 0.25) is 0 Å². The van der Waals surface area contributed by atoms with Gasteiger partial charge in [0.25, 0.3) is 5.91 Å². The summed E-state index contributed by atoms with van der Waals surface area (Å²) in [5.74, 6) is 0.436. The van der Waals surface area contributed by atoms with Crippen molar-refractivity contribution in [3.05, 3.63) is 59.7 Å². The summed E-state index contributed by atoms with van der Waals surface area (Å²) in [5.41, 5.74) is 1.28. The van der Waals surface area contributed by atoms with Crippen molar-refractivity contribution in [2.24, 2.45) is 0 Å². The van der Waals surface area contributed by atoms with Crippen LogP contribution in [-0.4, -0.2) is 26.7 Å². The smallest absolute Gasteiger partial charge is 0.251 e. The van der Waals surface area contributed by atoms with E-state index in [1.165, 1.54) is 24.3 Å². The summed E-state index contributed by atoms with van der Waals surface area (Å²) in [4.78, 5) is 12.4. The van der Waals surface area contributed by atoms with E-state index in [9.17, 15) is 13.2 Å². The van der Waals surface area contributed by atoms with Gasteiger partial charge in [0, 0.05) is 17.7 Å². The zero-order valence-corrected chi connectivity index (χ0v) is 14.8. The van der Waals surface area contributed by atoms with Gasteiger partial charge in [0.15, 0.2) is 9.84 Å². The lowest BCUT2D eigenvalue weighted by Gasteiger charge is -2.10. The van der Waals surface area contributed by atoms with Crippen LogP contribution in [0.25, 0.3) is 0 Å². The van der Waals surface area contributed by atoms with Crippen LogP contribution in [0.1, 0.15) is 29.8 Å². The van der Waals surface area contributed by atoms with E-state index in [4.69, 9.17) is 4.74 Å². The van der Waals surface area contributed by atoms with Crippen LogP contribution in [0.4, 0.5) is 0 Å². The Bertz CT molecular complexity index is 811. The highest BCUT2D eigenvalue weighted by Crippen LogP contribution is 2.18. The number of ether oxygens (including phenoxy) is 1. The molecule has 0 heterocycles. The molecule has 0 bridgehead atoms. The molecule has 24 heavy (non-hydrogen) atoms. The third-order valence-electron chi connectivity index (χ3n) is 3.70. The first kappa shape index (κ1) is 18.0. The average Bonchev–Trinajstić information content (AvgIpc) is 2.59. The average molecular weight is 347 g/mol. The number of sulfone groups is 1. The number of para-hydroxylation sites is 1. The molecule has 1 N–H and O–H groups in total. The number of amides is 1. The number of methoxy groups -OCH3 is 1. The van der Waals surface area contributed by atoms with Crippen molar-refractivity contribution in [2.45, 2.75) is 30.5 Å². The minimum atomic E-state index is -3.33. The van der Waals surface area contributed by atoms with Gasteiger partial charge in [-0.1, -0.05) is 18.2 Å². The van der Waals surface area contributed by atoms with Crippen LogP contribution in [0.5, 0.6) is 5.75 Å². The molecule has 1 amide bonds. The number of rotatable bonds is 6. The zero-order chi connectivity index (χ0) is 17.7. The second kappa shape index (κ2) is 7.49. The molecule has 0 aromatic heterocycles. The lowest BCUT2D eigenvalue weighted by atomic mass is 10.2. The van der Waals surface area contributed by atoms with E-state index >= 15 is 0 Å². The van der Waals surface area contributed by atoms with E-state index in [2.05, 4.69) is 5.32 Å². The van der Waals surface area contributed by atoms with E-state index in [1.54, 1.807) is 21.0 Å². The molecule has 5 nitrogen and oxygen atoms in total. The third kappa shape index (κ3) is 3.94. The molecule has 0 aliphatic heterocycles. The van der Waals surface area contributed by atoms with Crippen LogP contribution < -0.4 is 10.1 Å². The number of hydrogen-bond donors (Lipinski definition) is 1. The minimum Gasteiger partial charge on any atom is -0.496 e. The molecule has 0 spiro atoms. The topological polar surface area (TPSA) is 72.5 Å². The Labute approximate surface area is 142 Å². The van der Waals surface area contributed by atoms with E-state index in [0.717, 1.165) is 5.56 Å². The molecular formula is C18H21NO4S. The van der Waals surface area contributed by atoms with Crippen molar-refractivity contribution in [3.63, 3.8) is 0 Å². The molecule has 0 fully saturated rings. The molecule has 0 saturated carbocycles. The van der Waals surface area contributed by atoms with Crippen molar-refractivity contribution in [1.29, 1.82) is 0 Å². The van der Waals surface area contributed by atoms with Crippen LogP contribution >= 0.6 is 0 Å². The molecule has 6 heteroatoms. The van der Waals surface area contributed by atoms with Gasteiger partial charge in [-0.25, -0.2) is 8.42 Å². The first-order valence-corrected chi connectivity index (χ1v) is 9.15. The monoisotopic (exact) mass is 347 g/mol. The Morgan fingerprint density at radius 1 is 1.08 bits per heavy atom. The van der Waals surface area contributed by atoms with Gasteiger partial charge >= 0.3 is 0 Å². The van der Waals surface area contributed by atoms with Crippen molar-refractivity contribution in [3.8, 4) is 5.75 Å². The van der Waals surface area contributed by atoms with Gasteiger partial charge in [0.2, 0.25) is 0 Å². The summed E-state index contributed by atoms with van der Waals surface area (Å²) < 4.78 is 29.4. The second-order valence-electron chi connectivity index (χ2n) is 5.61. The summed E-state index contributed by atoms with van der Waals surface area (Å²) in [6.07, 6.45) is 0. The first-order chi connectivity index (χ1) is 11.4. The number of nitrogens with one attached hydrogen (secondary N) is 1. The largest absolute Gasteiger partial charge is 0.496 e.